The Bertz CT molecular complexity index is 663. The average molecular weight is 338 g/mol. The zero-order chi connectivity index (χ0) is 16.7. The van der Waals surface area contributed by atoms with E-state index < -0.39 is 11.7 Å². The number of halogens is 1. The van der Waals surface area contributed by atoms with Crippen molar-refractivity contribution in [3.8, 4) is 0 Å². The Balaban J connectivity index is 1.85. The van der Waals surface area contributed by atoms with Gasteiger partial charge in [0.1, 0.15) is 11.6 Å². The van der Waals surface area contributed by atoms with Crippen molar-refractivity contribution < 1.29 is 13.9 Å². The molecule has 2 rings (SSSR count). The second-order valence-electron chi connectivity index (χ2n) is 4.78. The predicted octanol–water partition coefficient (Wildman–Crippen LogP) is 1.67. The lowest BCUT2D eigenvalue weighted by Crippen LogP contribution is -2.27. The molecule has 1 aromatic heterocycles. The lowest BCUT2D eigenvalue weighted by Gasteiger charge is -2.06. The van der Waals surface area contributed by atoms with Gasteiger partial charge >= 0.3 is 0 Å². The first kappa shape index (κ1) is 17.4. The van der Waals surface area contributed by atoms with Crippen LogP contribution in [0.5, 0.6) is 0 Å². The van der Waals surface area contributed by atoms with E-state index in [4.69, 9.17) is 4.74 Å². The fourth-order valence-electron chi connectivity index (χ4n) is 1.93. The molecule has 1 heterocycles. The summed E-state index contributed by atoms with van der Waals surface area (Å²) in [5, 5.41) is 11.7. The van der Waals surface area contributed by atoms with Crippen LogP contribution >= 0.6 is 11.8 Å². The first-order chi connectivity index (χ1) is 11.1. The Morgan fingerprint density at radius 2 is 2.17 bits per heavy atom. The van der Waals surface area contributed by atoms with Gasteiger partial charge in [-0.05, 0) is 12.1 Å². The van der Waals surface area contributed by atoms with Gasteiger partial charge < -0.3 is 14.6 Å². The molecule has 0 spiro atoms. The summed E-state index contributed by atoms with van der Waals surface area (Å²) < 4.78 is 20.4. The molecule has 2 aromatic rings. The van der Waals surface area contributed by atoms with Crippen molar-refractivity contribution in [2.45, 2.75) is 11.6 Å². The lowest BCUT2D eigenvalue weighted by atomic mass is 10.2. The summed E-state index contributed by atoms with van der Waals surface area (Å²) in [6, 6.07) is 5.90. The number of hydrogen-bond donors (Lipinski definition) is 1. The van der Waals surface area contributed by atoms with Gasteiger partial charge in [-0.25, -0.2) is 4.39 Å². The van der Waals surface area contributed by atoms with Crippen molar-refractivity contribution in [2.75, 3.05) is 26.0 Å². The van der Waals surface area contributed by atoms with Crippen LogP contribution in [0.4, 0.5) is 4.39 Å². The van der Waals surface area contributed by atoms with Gasteiger partial charge in [-0.1, -0.05) is 23.9 Å². The minimum absolute atomic E-state index is 0.0428. The quantitative estimate of drug-likeness (QED) is 0.586. The molecule has 8 heteroatoms. The number of rotatable bonds is 8. The molecule has 0 aliphatic heterocycles. The SMILES string of the molecule is COCCSc1nnc(CCNC(=O)c2ccccc2F)n1C. The molecule has 0 unspecified atom stereocenters. The van der Waals surface area contributed by atoms with Crippen molar-refractivity contribution in [1.82, 2.24) is 20.1 Å². The van der Waals surface area contributed by atoms with Crippen molar-refractivity contribution in [1.29, 1.82) is 0 Å². The number of nitrogens with one attached hydrogen (secondary N) is 1. The van der Waals surface area contributed by atoms with Crippen LogP contribution in [0.1, 0.15) is 16.2 Å². The van der Waals surface area contributed by atoms with E-state index in [2.05, 4.69) is 15.5 Å². The lowest BCUT2D eigenvalue weighted by molar-refractivity contribution is 0.0950. The Morgan fingerprint density at radius 1 is 1.39 bits per heavy atom. The number of aromatic nitrogens is 3. The third-order valence-corrected chi connectivity index (χ3v) is 4.18. The van der Waals surface area contributed by atoms with E-state index in [1.165, 1.54) is 12.1 Å². The van der Waals surface area contributed by atoms with Crippen LogP contribution in [0, 0.1) is 5.82 Å². The van der Waals surface area contributed by atoms with Crippen LogP contribution < -0.4 is 5.32 Å². The summed E-state index contributed by atoms with van der Waals surface area (Å²) in [6.07, 6.45) is 0.522. The summed E-state index contributed by atoms with van der Waals surface area (Å²) in [4.78, 5) is 11.9. The number of amides is 1. The summed E-state index contributed by atoms with van der Waals surface area (Å²) in [5.74, 6) is 0.603. The molecule has 1 N–H and O–H groups in total. The van der Waals surface area contributed by atoms with E-state index in [9.17, 15) is 9.18 Å². The molecule has 0 atom stereocenters. The molecule has 0 saturated heterocycles. The highest BCUT2D eigenvalue weighted by atomic mass is 32.2. The van der Waals surface area contributed by atoms with Crippen LogP contribution in [0.2, 0.25) is 0 Å². The second-order valence-corrected chi connectivity index (χ2v) is 5.85. The molecule has 0 fully saturated rings. The molecule has 124 valence electrons. The number of hydrogen-bond acceptors (Lipinski definition) is 5. The molecule has 0 bridgehead atoms. The van der Waals surface area contributed by atoms with Crippen molar-refractivity contribution in [2.24, 2.45) is 7.05 Å². The maximum atomic E-state index is 13.5. The molecule has 0 radical (unpaired) electrons. The number of nitrogens with zero attached hydrogens (tertiary/aromatic N) is 3. The van der Waals surface area contributed by atoms with Crippen LogP contribution in [0.15, 0.2) is 29.4 Å². The normalized spacial score (nSPS) is 10.7. The number of ether oxygens (including phenoxy) is 1. The minimum Gasteiger partial charge on any atom is -0.384 e. The maximum absolute atomic E-state index is 13.5. The zero-order valence-corrected chi connectivity index (χ0v) is 13.9. The fraction of sp³-hybridized carbons (Fsp3) is 0.400. The zero-order valence-electron chi connectivity index (χ0n) is 13.1. The Kier molecular flexibility index (Phi) is 6.54. The molecule has 1 aromatic carbocycles. The largest absolute Gasteiger partial charge is 0.384 e. The summed E-state index contributed by atoms with van der Waals surface area (Å²) in [7, 11) is 3.53. The molecule has 6 nitrogen and oxygen atoms in total. The van der Waals surface area contributed by atoms with Gasteiger partial charge in [0.15, 0.2) is 5.16 Å². The highest BCUT2D eigenvalue weighted by Gasteiger charge is 2.12. The number of methoxy groups -OCH3 is 1. The maximum Gasteiger partial charge on any atom is 0.254 e. The smallest absolute Gasteiger partial charge is 0.254 e. The molecule has 23 heavy (non-hydrogen) atoms. The highest BCUT2D eigenvalue weighted by molar-refractivity contribution is 7.99. The van der Waals surface area contributed by atoms with Crippen LogP contribution in [0.25, 0.3) is 0 Å². The second kappa shape index (κ2) is 8.64. The van der Waals surface area contributed by atoms with Crippen molar-refractivity contribution in [3.63, 3.8) is 0 Å². The standard InChI is InChI=1S/C15H19FN4O2S/c1-20-13(18-19-15(20)23-10-9-22-2)7-8-17-14(21)11-5-3-4-6-12(11)16/h3-6H,7-10H2,1-2H3,(H,17,21). The van der Waals surface area contributed by atoms with Gasteiger partial charge in [0.25, 0.3) is 5.91 Å². The van der Waals surface area contributed by atoms with E-state index >= 15 is 0 Å². The van der Waals surface area contributed by atoms with Gasteiger partial charge in [-0.2, -0.15) is 0 Å². The number of benzene rings is 1. The number of thioether (sulfide) groups is 1. The summed E-state index contributed by atoms with van der Waals surface area (Å²) in [5.41, 5.74) is 0.0428. The molecular formula is C15H19FN4O2S. The Morgan fingerprint density at radius 3 is 2.91 bits per heavy atom. The molecule has 0 aliphatic carbocycles. The summed E-state index contributed by atoms with van der Waals surface area (Å²) in [6.45, 7) is 1.01. The first-order valence-corrected chi connectivity index (χ1v) is 8.14. The minimum atomic E-state index is -0.527. The van der Waals surface area contributed by atoms with Gasteiger partial charge in [0.2, 0.25) is 0 Å². The highest BCUT2D eigenvalue weighted by Crippen LogP contribution is 2.15. The number of carbonyl (C=O) groups is 1. The van der Waals surface area contributed by atoms with E-state index in [0.717, 1.165) is 16.7 Å². The third kappa shape index (κ3) is 4.77. The van der Waals surface area contributed by atoms with Crippen molar-refractivity contribution >= 4 is 17.7 Å². The van der Waals surface area contributed by atoms with Crippen LogP contribution in [0.3, 0.4) is 0 Å². The summed E-state index contributed by atoms with van der Waals surface area (Å²) >= 11 is 1.56. The monoisotopic (exact) mass is 338 g/mol. The van der Waals surface area contributed by atoms with E-state index in [0.29, 0.717) is 19.6 Å². The molecule has 0 aliphatic rings. The fourth-order valence-corrected chi connectivity index (χ4v) is 2.76. The first-order valence-electron chi connectivity index (χ1n) is 7.16. The average Bonchev–Trinajstić information content (AvgIpc) is 2.89. The molecule has 1 amide bonds. The molecule has 0 saturated carbocycles. The topological polar surface area (TPSA) is 69.0 Å². The van der Waals surface area contributed by atoms with Crippen molar-refractivity contribution in [3.05, 3.63) is 41.5 Å². The van der Waals surface area contributed by atoms with E-state index in [-0.39, 0.29) is 5.56 Å². The van der Waals surface area contributed by atoms with Gasteiger partial charge in [0, 0.05) is 32.9 Å². The van der Waals surface area contributed by atoms with E-state index in [1.54, 1.807) is 31.0 Å². The van der Waals surface area contributed by atoms with Gasteiger partial charge in [-0.15, -0.1) is 10.2 Å². The Hall–Kier alpha value is -1.93. The van der Waals surface area contributed by atoms with Gasteiger partial charge in [0.05, 0.1) is 12.2 Å². The predicted molar refractivity (Wildman–Crippen MR) is 86.0 cm³/mol. The van der Waals surface area contributed by atoms with Gasteiger partial charge in [-0.3, -0.25) is 4.79 Å². The van der Waals surface area contributed by atoms with E-state index in [1.807, 2.05) is 11.6 Å². The van der Waals surface area contributed by atoms with Crippen LogP contribution in [-0.2, 0) is 18.2 Å². The third-order valence-electron chi connectivity index (χ3n) is 3.20. The number of carbonyl (C=O) groups excluding carboxylic acids is 1. The Labute approximate surface area is 138 Å². The van der Waals surface area contributed by atoms with Crippen LogP contribution in [-0.4, -0.2) is 46.7 Å². The molecular weight excluding hydrogens is 319 g/mol.